The Bertz CT molecular complexity index is 1440. The summed E-state index contributed by atoms with van der Waals surface area (Å²) in [4.78, 5) is 29.1. The summed E-state index contributed by atoms with van der Waals surface area (Å²) in [5, 5.41) is 2.99. The molecule has 0 aliphatic heterocycles. The first-order chi connectivity index (χ1) is 19.5. The van der Waals surface area contributed by atoms with Crippen molar-refractivity contribution < 1.29 is 22.7 Å². The van der Waals surface area contributed by atoms with Crippen LogP contribution in [-0.4, -0.2) is 50.9 Å². The highest BCUT2D eigenvalue weighted by molar-refractivity contribution is 7.92. The van der Waals surface area contributed by atoms with Crippen molar-refractivity contribution in [2.45, 2.75) is 71.0 Å². The molecule has 3 aromatic carbocycles. The normalized spacial score (nSPS) is 12.7. The van der Waals surface area contributed by atoms with Crippen molar-refractivity contribution in [3.8, 4) is 5.75 Å². The zero-order valence-corrected chi connectivity index (χ0v) is 25.6. The maximum absolute atomic E-state index is 14.2. The quantitative estimate of drug-likeness (QED) is 0.299. The number of amides is 2. The van der Waals surface area contributed by atoms with Gasteiger partial charge in [0.2, 0.25) is 11.8 Å². The van der Waals surface area contributed by atoms with Gasteiger partial charge in [0.05, 0.1) is 17.7 Å². The van der Waals surface area contributed by atoms with Gasteiger partial charge in [-0.3, -0.25) is 13.9 Å². The van der Waals surface area contributed by atoms with Crippen LogP contribution < -0.4 is 14.4 Å². The molecule has 3 rings (SSSR count). The van der Waals surface area contributed by atoms with Gasteiger partial charge in [-0.1, -0.05) is 55.8 Å². The van der Waals surface area contributed by atoms with Crippen LogP contribution in [0.3, 0.4) is 0 Å². The summed E-state index contributed by atoms with van der Waals surface area (Å²) in [5.41, 5.74) is 2.91. The Balaban J connectivity index is 2.07. The number of methoxy groups -OCH3 is 1. The molecule has 2 atom stereocenters. The first kappa shape index (κ1) is 31.7. The molecule has 0 bridgehead atoms. The number of hydrogen-bond acceptors (Lipinski definition) is 5. The highest BCUT2D eigenvalue weighted by Crippen LogP contribution is 2.26. The third-order valence-electron chi connectivity index (χ3n) is 7.05. The van der Waals surface area contributed by atoms with Gasteiger partial charge >= 0.3 is 0 Å². The Morgan fingerprint density at radius 3 is 2.20 bits per heavy atom. The minimum atomic E-state index is -4.11. The zero-order chi connectivity index (χ0) is 30.2. The van der Waals surface area contributed by atoms with Crippen LogP contribution in [-0.2, 0) is 26.2 Å². The van der Waals surface area contributed by atoms with Gasteiger partial charge in [0.15, 0.2) is 0 Å². The third-order valence-corrected chi connectivity index (χ3v) is 8.84. The number of rotatable bonds is 13. The van der Waals surface area contributed by atoms with Crippen molar-refractivity contribution in [1.82, 2.24) is 10.2 Å². The molecule has 0 spiro atoms. The van der Waals surface area contributed by atoms with Crippen LogP contribution in [0, 0.1) is 13.8 Å². The molecule has 0 aromatic heterocycles. The summed E-state index contributed by atoms with van der Waals surface area (Å²) in [6.45, 7) is 9.10. The predicted octanol–water partition coefficient (Wildman–Crippen LogP) is 5.23. The third kappa shape index (κ3) is 8.10. The maximum atomic E-state index is 14.2. The molecule has 1 N–H and O–H groups in total. The molecule has 41 heavy (non-hydrogen) atoms. The van der Waals surface area contributed by atoms with Crippen molar-refractivity contribution in [3.63, 3.8) is 0 Å². The minimum absolute atomic E-state index is 0.0731. The monoisotopic (exact) mass is 579 g/mol. The van der Waals surface area contributed by atoms with Gasteiger partial charge in [-0.2, -0.15) is 0 Å². The van der Waals surface area contributed by atoms with Crippen molar-refractivity contribution in [2.24, 2.45) is 0 Å². The van der Waals surface area contributed by atoms with Gasteiger partial charge in [0.25, 0.3) is 10.0 Å². The van der Waals surface area contributed by atoms with E-state index in [1.54, 1.807) is 61.7 Å². The first-order valence-corrected chi connectivity index (χ1v) is 15.3. The lowest BCUT2D eigenvalue weighted by atomic mass is 10.1. The number of benzene rings is 3. The van der Waals surface area contributed by atoms with Crippen molar-refractivity contribution >= 4 is 27.5 Å². The molecule has 0 heterocycles. The SMILES string of the molecule is CC[C@@H](C)NC(=O)[C@@H](CC)N(Cc1cccc(OC)c1)C(=O)CN(c1cccc(C)c1)S(=O)(=O)c1ccc(C)cc1. The average Bonchev–Trinajstić information content (AvgIpc) is 2.95. The van der Waals surface area contributed by atoms with Crippen molar-refractivity contribution in [1.29, 1.82) is 0 Å². The second-order valence-corrected chi connectivity index (χ2v) is 12.1. The number of anilines is 1. The molecule has 9 heteroatoms. The maximum Gasteiger partial charge on any atom is 0.264 e. The molecular formula is C32H41N3O5S. The molecule has 220 valence electrons. The van der Waals surface area contributed by atoms with Crippen LogP contribution in [0.15, 0.2) is 77.7 Å². The highest BCUT2D eigenvalue weighted by Gasteiger charge is 2.34. The minimum Gasteiger partial charge on any atom is -0.497 e. The molecule has 0 aliphatic rings. The van der Waals surface area contributed by atoms with Crippen LogP contribution in [0.4, 0.5) is 5.69 Å². The largest absolute Gasteiger partial charge is 0.497 e. The number of hydrogen-bond donors (Lipinski definition) is 1. The number of aryl methyl sites for hydroxylation is 2. The van der Waals surface area contributed by atoms with Gasteiger partial charge in [-0.05, 0) is 81.1 Å². The Morgan fingerprint density at radius 1 is 0.902 bits per heavy atom. The van der Waals surface area contributed by atoms with Crippen molar-refractivity contribution in [2.75, 3.05) is 18.0 Å². The molecule has 0 aliphatic carbocycles. The first-order valence-electron chi connectivity index (χ1n) is 13.9. The molecule has 0 saturated carbocycles. The summed E-state index contributed by atoms with van der Waals surface area (Å²) in [7, 11) is -2.55. The molecule has 0 saturated heterocycles. The van der Waals surface area contributed by atoms with Gasteiger partial charge in [0.1, 0.15) is 18.3 Å². The van der Waals surface area contributed by atoms with Gasteiger partial charge in [-0.15, -0.1) is 0 Å². The van der Waals surface area contributed by atoms with Crippen molar-refractivity contribution in [3.05, 3.63) is 89.5 Å². The molecule has 0 fully saturated rings. The summed E-state index contributed by atoms with van der Waals surface area (Å²) < 4.78 is 34.4. The molecular weight excluding hydrogens is 538 g/mol. The molecule has 0 unspecified atom stereocenters. The molecule has 8 nitrogen and oxygen atoms in total. The van der Waals surface area contributed by atoms with E-state index in [-0.39, 0.29) is 23.4 Å². The number of ether oxygens (including phenoxy) is 1. The van der Waals surface area contributed by atoms with Gasteiger partial charge < -0.3 is 15.0 Å². The summed E-state index contributed by atoms with van der Waals surface area (Å²) >= 11 is 0. The van der Waals surface area contributed by atoms with Crippen LogP contribution in [0.5, 0.6) is 5.75 Å². The zero-order valence-electron chi connectivity index (χ0n) is 24.8. The summed E-state index contributed by atoms with van der Waals surface area (Å²) in [5.74, 6) is -0.145. The fourth-order valence-electron chi connectivity index (χ4n) is 4.48. The Labute approximate surface area is 244 Å². The lowest BCUT2D eigenvalue weighted by Crippen LogP contribution is -2.53. The fraction of sp³-hybridized carbons (Fsp3) is 0.375. The van der Waals surface area contributed by atoms with E-state index in [1.807, 2.05) is 52.8 Å². The fourth-order valence-corrected chi connectivity index (χ4v) is 5.88. The molecule has 3 aromatic rings. The van der Waals surface area contributed by atoms with E-state index >= 15 is 0 Å². The number of nitrogens with one attached hydrogen (secondary N) is 1. The lowest BCUT2D eigenvalue weighted by Gasteiger charge is -2.34. The number of carbonyl (C=O) groups is 2. The Hall–Kier alpha value is -3.85. The highest BCUT2D eigenvalue weighted by atomic mass is 32.2. The van der Waals surface area contributed by atoms with Crippen LogP contribution >= 0.6 is 0 Å². The van der Waals surface area contributed by atoms with Gasteiger partial charge in [0, 0.05) is 12.6 Å². The number of carbonyl (C=O) groups excluding carboxylic acids is 2. The summed E-state index contributed by atoms with van der Waals surface area (Å²) in [6, 6.07) is 20.0. The van der Waals surface area contributed by atoms with E-state index in [0.29, 0.717) is 17.9 Å². The van der Waals surface area contributed by atoms with Crippen LogP contribution in [0.2, 0.25) is 0 Å². The topological polar surface area (TPSA) is 96.0 Å². The second kappa shape index (κ2) is 14.2. The van der Waals surface area contributed by atoms with E-state index in [1.165, 1.54) is 4.90 Å². The smallest absolute Gasteiger partial charge is 0.264 e. The van der Waals surface area contributed by atoms with Gasteiger partial charge in [-0.25, -0.2) is 8.42 Å². The van der Waals surface area contributed by atoms with E-state index < -0.39 is 28.5 Å². The molecule has 0 radical (unpaired) electrons. The van der Waals surface area contributed by atoms with E-state index in [4.69, 9.17) is 4.74 Å². The van der Waals surface area contributed by atoms with E-state index in [2.05, 4.69) is 5.32 Å². The lowest BCUT2D eigenvalue weighted by molar-refractivity contribution is -0.140. The summed E-state index contributed by atoms with van der Waals surface area (Å²) in [6.07, 6.45) is 1.09. The second-order valence-electron chi connectivity index (χ2n) is 10.3. The number of nitrogens with zero attached hydrogens (tertiary/aromatic N) is 2. The number of sulfonamides is 1. The van der Waals surface area contributed by atoms with Crippen LogP contribution in [0.25, 0.3) is 0 Å². The Kier molecular flexibility index (Phi) is 10.9. The van der Waals surface area contributed by atoms with E-state index in [0.717, 1.165) is 27.4 Å². The standard InChI is InChI=1S/C32H41N3O5S/c1-7-25(5)33-32(37)30(8-2)34(21-26-12-10-14-28(20-26)40-6)31(36)22-35(27-13-9-11-24(4)19-27)41(38,39)29-17-15-23(3)16-18-29/h9-20,25,30H,7-8,21-22H2,1-6H3,(H,33,37)/t25-,30-/m1/s1. The van der Waals surface area contributed by atoms with E-state index in [9.17, 15) is 18.0 Å². The Morgan fingerprint density at radius 2 is 1.59 bits per heavy atom. The van der Waals surface area contributed by atoms with Crippen LogP contribution in [0.1, 0.15) is 50.3 Å². The molecule has 2 amide bonds. The average molecular weight is 580 g/mol. The predicted molar refractivity (Wildman–Crippen MR) is 162 cm³/mol.